The summed E-state index contributed by atoms with van der Waals surface area (Å²) in [5.74, 6) is 0. The van der Waals surface area contributed by atoms with E-state index in [1.54, 1.807) is 0 Å². The predicted octanol–water partition coefficient (Wildman–Crippen LogP) is 11.0. The Balaban J connectivity index is 1.24. The number of aryl methyl sites for hydroxylation is 1. The number of furan rings is 1. The molecule has 0 N–H and O–H groups in total. The molecule has 2 nitrogen and oxygen atoms in total. The van der Waals surface area contributed by atoms with Crippen LogP contribution in [-0.2, 0) is 5.41 Å². The number of rotatable bonds is 2. The van der Waals surface area contributed by atoms with Gasteiger partial charge in [0.2, 0.25) is 0 Å². The van der Waals surface area contributed by atoms with Crippen LogP contribution >= 0.6 is 0 Å². The standard InChI is InChI=1S/C40H29NO/c1-24-12-19-34-32(22-24)38-35(20-18-30-28-8-4-6-10-33(28)40(2,3)39(30)38)41(34)27-16-13-25(14-17-27)26-15-21-37-31(23-26)29-9-5-7-11-36(29)42-37/h4-23H,1-3H3. The maximum Gasteiger partial charge on any atom is 0.135 e. The van der Waals surface area contributed by atoms with E-state index in [4.69, 9.17) is 4.42 Å². The summed E-state index contributed by atoms with van der Waals surface area (Å²) in [6, 6.07) is 44.3. The van der Waals surface area contributed by atoms with Crippen LogP contribution in [0.3, 0.4) is 0 Å². The lowest BCUT2D eigenvalue weighted by molar-refractivity contribution is 0.666. The second-order valence-electron chi connectivity index (χ2n) is 12.3. The lowest BCUT2D eigenvalue weighted by Crippen LogP contribution is -2.15. The topological polar surface area (TPSA) is 18.1 Å². The lowest BCUT2D eigenvalue weighted by atomic mass is 9.80. The summed E-state index contributed by atoms with van der Waals surface area (Å²) < 4.78 is 8.51. The number of para-hydroxylation sites is 1. The third-order valence-corrected chi connectivity index (χ3v) is 9.44. The molecule has 0 spiro atoms. The number of aromatic nitrogens is 1. The van der Waals surface area contributed by atoms with Crippen LogP contribution in [0.15, 0.2) is 126 Å². The largest absolute Gasteiger partial charge is 0.456 e. The zero-order valence-electron chi connectivity index (χ0n) is 23.9. The fraction of sp³-hybridized carbons (Fsp3) is 0.100. The van der Waals surface area contributed by atoms with Gasteiger partial charge in [0.05, 0.1) is 11.0 Å². The van der Waals surface area contributed by atoms with Gasteiger partial charge in [-0.3, -0.25) is 0 Å². The van der Waals surface area contributed by atoms with Crippen LogP contribution in [0.25, 0.3) is 71.7 Å². The zero-order chi connectivity index (χ0) is 28.2. The molecule has 0 fully saturated rings. The van der Waals surface area contributed by atoms with E-state index in [2.05, 4.69) is 135 Å². The molecular formula is C40H29NO. The third kappa shape index (κ3) is 3.10. The van der Waals surface area contributed by atoms with Crippen LogP contribution in [0.2, 0.25) is 0 Å². The van der Waals surface area contributed by atoms with Crippen molar-refractivity contribution in [2.45, 2.75) is 26.2 Å². The van der Waals surface area contributed by atoms with E-state index in [9.17, 15) is 0 Å². The van der Waals surface area contributed by atoms with Gasteiger partial charge in [-0.25, -0.2) is 0 Å². The van der Waals surface area contributed by atoms with Gasteiger partial charge in [0.25, 0.3) is 0 Å². The van der Waals surface area contributed by atoms with Crippen molar-refractivity contribution in [2.24, 2.45) is 0 Å². The van der Waals surface area contributed by atoms with E-state index in [1.165, 1.54) is 66.4 Å². The fourth-order valence-electron chi connectivity index (χ4n) is 7.48. The minimum absolute atomic E-state index is 0.0753. The monoisotopic (exact) mass is 539 g/mol. The van der Waals surface area contributed by atoms with Crippen molar-refractivity contribution in [2.75, 3.05) is 0 Å². The molecule has 0 amide bonds. The lowest BCUT2D eigenvalue weighted by Gasteiger charge is -2.22. The zero-order valence-corrected chi connectivity index (χ0v) is 23.9. The first-order chi connectivity index (χ1) is 20.5. The minimum atomic E-state index is -0.0753. The molecule has 2 heteroatoms. The van der Waals surface area contributed by atoms with Crippen LogP contribution in [0.1, 0.15) is 30.5 Å². The Hall–Kier alpha value is -5.08. The van der Waals surface area contributed by atoms with E-state index >= 15 is 0 Å². The van der Waals surface area contributed by atoms with Crippen LogP contribution in [-0.4, -0.2) is 4.57 Å². The molecule has 0 saturated heterocycles. The average Bonchev–Trinajstić information content (AvgIpc) is 3.62. The predicted molar refractivity (Wildman–Crippen MR) is 176 cm³/mol. The Kier molecular flexibility index (Phi) is 4.63. The summed E-state index contributed by atoms with van der Waals surface area (Å²) in [5.41, 5.74) is 14.7. The van der Waals surface area contributed by atoms with Gasteiger partial charge in [-0.15, -0.1) is 0 Å². The summed E-state index contributed by atoms with van der Waals surface area (Å²) in [7, 11) is 0. The first-order valence-electron chi connectivity index (χ1n) is 14.7. The number of fused-ring (bicyclic) bond motifs is 10. The Bertz CT molecular complexity index is 2380. The molecule has 0 atom stereocenters. The van der Waals surface area contributed by atoms with Crippen molar-refractivity contribution < 1.29 is 4.42 Å². The minimum Gasteiger partial charge on any atom is -0.456 e. The van der Waals surface area contributed by atoms with E-state index < -0.39 is 0 Å². The number of hydrogen-bond donors (Lipinski definition) is 0. The quantitative estimate of drug-likeness (QED) is 0.214. The maximum absolute atomic E-state index is 6.07. The van der Waals surface area contributed by atoms with E-state index in [0.717, 1.165) is 21.9 Å². The van der Waals surface area contributed by atoms with Gasteiger partial charge in [0.1, 0.15) is 11.2 Å². The molecule has 2 heterocycles. The highest BCUT2D eigenvalue weighted by Crippen LogP contribution is 2.53. The molecule has 0 aliphatic heterocycles. The summed E-state index contributed by atoms with van der Waals surface area (Å²) >= 11 is 0. The molecule has 42 heavy (non-hydrogen) atoms. The Morgan fingerprint density at radius 2 is 1.31 bits per heavy atom. The first kappa shape index (κ1) is 23.6. The van der Waals surface area contributed by atoms with Gasteiger partial charge in [-0.1, -0.05) is 92.2 Å². The van der Waals surface area contributed by atoms with Gasteiger partial charge >= 0.3 is 0 Å². The summed E-state index contributed by atoms with van der Waals surface area (Å²) in [6.45, 7) is 6.95. The normalized spacial score (nSPS) is 13.8. The van der Waals surface area contributed by atoms with Gasteiger partial charge in [0, 0.05) is 32.6 Å². The van der Waals surface area contributed by atoms with Crippen molar-refractivity contribution >= 4 is 43.7 Å². The number of benzene rings is 6. The molecule has 2 aromatic heterocycles. The van der Waals surface area contributed by atoms with Crippen LogP contribution in [0.5, 0.6) is 0 Å². The Morgan fingerprint density at radius 1 is 0.571 bits per heavy atom. The van der Waals surface area contributed by atoms with Crippen LogP contribution in [0.4, 0.5) is 0 Å². The molecule has 0 saturated carbocycles. The molecule has 6 aromatic carbocycles. The fourth-order valence-corrected chi connectivity index (χ4v) is 7.48. The highest BCUT2D eigenvalue weighted by molar-refractivity contribution is 6.14. The van der Waals surface area contributed by atoms with Crippen molar-refractivity contribution in [3.8, 4) is 27.9 Å². The molecule has 9 rings (SSSR count). The highest BCUT2D eigenvalue weighted by Gasteiger charge is 2.38. The van der Waals surface area contributed by atoms with Gasteiger partial charge in [-0.05, 0) is 88.8 Å². The summed E-state index contributed by atoms with van der Waals surface area (Å²) in [5, 5.41) is 5.00. The Morgan fingerprint density at radius 3 is 2.19 bits per heavy atom. The third-order valence-electron chi connectivity index (χ3n) is 9.44. The second-order valence-corrected chi connectivity index (χ2v) is 12.3. The number of hydrogen-bond acceptors (Lipinski definition) is 1. The molecular weight excluding hydrogens is 510 g/mol. The SMILES string of the molecule is Cc1ccc2c(c1)c1c3c(ccc1n2-c1ccc(-c2ccc4oc5ccccc5c4c2)cc1)-c1ccccc1C3(C)C. The van der Waals surface area contributed by atoms with Crippen molar-refractivity contribution in [1.29, 1.82) is 0 Å². The van der Waals surface area contributed by atoms with Gasteiger partial charge in [-0.2, -0.15) is 0 Å². The summed E-state index contributed by atoms with van der Waals surface area (Å²) in [6.07, 6.45) is 0. The van der Waals surface area contributed by atoms with E-state index in [1.807, 2.05) is 12.1 Å². The van der Waals surface area contributed by atoms with Crippen molar-refractivity contribution in [3.05, 3.63) is 138 Å². The molecule has 0 bridgehead atoms. The van der Waals surface area contributed by atoms with Crippen LogP contribution < -0.4 is 0 Å². The molecule has 0 unspecified atom stereocenters. The molecule has 200 valence electrons. The summed E-state index contributed by atoms with van der Waals surface area (Å²) in [4.78, 5) is 0. The molecule has 0 radical (unpaired) electrons. The number of nitrogens with zero attached hydrogens (tertiary/aromatic N) is 1. The van der Waals surface area contributed by atoms with Crippen molar-refractivity contribution in [1.82, 2.24) is 4.57 Å². The van der Waals surface area contributed by atoms with Gasteiger partial charge in [0.15, 0.2) is 0 Å². The first-order valence-corrected chi connectivity index (χ1v) is 14.7. The maximum atomic E-state index is 6.07. The Labute approximate surface area is 244 Å². The van der Waals surface area contributed by atoms with E-state index in [-0.39, 0.29) is 5.41 Å². The molecule has 1 aliphatic carbocycles. The van der Waals surface area contributed by atoms with Crippen LogP contribution in [0, 0.1) is 6.92 Å². The molecule has 8 aromatic rings. The second kappa shape index (κ2) is 8.24. The highest BCUT2D eigenvalue weighted by atomic mass is 16.3. The van der Waals surface area contributed by atoms with Crippen molar-refractivity contribution in [3.63, 3.8) is 0 Å². The van der Waals surface area contributed by atoms with E-state index in [0.29, 0.717) is 0 Å². The molecule has 1 aliphatic rings. The smallest absolute Gasteiger partial charge is 0.135 e. The van der Waals surface area contributed by atoms with Gasteiger partial charge < -0.3 is 8.98 Å². The average molecular weight is 540 g/mol.